The molecule has 2 amide bonds. The van der Waals surface area contributed by atoms with Crippen molar-refractivity contribution < 1.29 is 9.59 Å². The summed E-state index contributed by atoms with van der Waals surface area (Å²) < 4.78 is 1.94. The Hall–Kier alpha value is -3.15. The predicted molar refractivity (Wildman–Crippen MR) is 133 cm³/mol. The van der Waals surface area contributed by atoms with Gasteiger partial charge in [-0.2, -0.15) is 0 Å². The lowest BCUT2D eigenvalue weighted by Gasteiger charge is -2.28. The molecule has 0 aliphatic heterocycles. The highest BCUT2D eigenvalue weighted by molar-refractivity contribution is 5.94. The molecule has 0 unspecified atom stereocenters. The average Bonchev–Trinajstić information content (AvgIpc) is 3.54. The molecule has 0 radical (unpaired) electrons. The fourth-order valence-electron chi connectivity index (χ4n) is 6.10. The Balaban J connectivity index is 1.32. The number of amides is 2. The lowest BCUT2D eigenvalue weighted by Crippen LogP contribution is -2.42. The lowest BCUT2D eigenvalue weighted by atomic mass is 9.84. The zero-order chi connectivity index (χ0) is 23.8. The average molecular weight is 459 g/mol. The number of aryl methyl sites for hydroxylation is 1. The second kappa shape index (κ2) is 9.24. The minimum atomic E-state index is -0.350. The molecule has 2 N–H and O–H groups in total. The van der Waals surface area contributed by atoms with Crippen LogP contribution in [0.3, 0.4) is 0 Å². The van der Waals surface area contributed by atoms with Crippen LogP contribution in [0.1, 0.15) is 67.3 Å². The smallest absolute Gasteiger partial charge is 0.251 e. The number of benzene rings is 2. The van der Waals surface area contributed by atoms with Crippen molar-refractivity contribution in [1.82, 2.24) is 20.2 Å². The summed E-state index contributed by atoms with van der Waals surface area (Å²) in [7, 11) is 0. The zero-order valence-corrected chi connectivity index (χ0v) is 20.3. The molecule has 2 aliphatic rings. The number of aromatic nitrogens is 2. The Morgan fingerprint density at radius 1 is 1.03 bits per heavy atom. The van der Waals surface area contributed by atoms with Crippen LogP contribution in [0.15, 0.2) is 48.5 Å². The van der Waals surface area contributed by atoms with Gasteiger partial charge >= 0.3 is 0 Å². The third-order valence-electron chi connectivity index (χ3n) is 7.86. The maximum absolute atomic E-state index is 13.1. The van der Waals surface area contributed by atoms with Gasteiger partial charge in [0.25, 0.3) is 5.91 Å². The molecule has 3 aromatic rings. The van der Waals surface area contributed by atoms with Gasteiger partial charge < -0.3 is 15.2 Å². The van der Waals surface area contributed by atoms with Crippen LogP contribution < -0.4 is 10.6 Å². The van der Waals surface area contributed by atoms with Gasteiger partial charge in [0.1, 0.15) is 12.4 Å². The quantitative estimate of drug-likeness (QED) is 0.535. The third kappa shape index (κ3) is 4.46. The van der Waals surface area contributed by atoms with E-state index in [2.05, 4.69) is 17.6 Å². The van der Waals surface area contributed by atoms with Crippen molar-refractivity contribution in [3.63, 3.8) is 0 Å². The van der Waals surface area contributed by atoms with E-state index in [1.807, 2.05) is 66.9 Å². The standard InChI is InChI=1S/C28H34N4O2/c1-17-8-11-21(12-9-17)28(34)30-19(3)27-31-24-6-4-5-7-25(24)32(27)16-26(33)29-18(2)23-15-20-10-13-22(23)14-20/h4-9,11-12,18-20,22-23H,10,13-16H2,1-3H3,(H,29,33)(H,30,34)/t18-,19-,20+,22+,23-/m1/s1. The van der Waals surface area contributed by atoms with E-state index in [4.69, 9.17) is 4.98 Å². The van der Waals surface area contributed by atoms with Crippen LogP contribution in [-0.2, 0) is 11.3 Å². The minimum Gasteiger partial charge on any atom is -0.352 e. The monoisotopic (exact) mass is 458 g/mol. The van der Waals surface area contributed by atoms with Gasteiger partial charge in [0.15, 0.2) is 0 Å². The highest BCUT2D eigenvalue weighted by Crippen LogP contribution is 2.49. The zero-order valence-electron chi connectivity index (χ0n) is 20.3. The molecular weight excluding hydrogens is 424 g/mol. The summed E-state index contributed by atoms with van der Waals surface area (Å²) >= 11 is 0. The van der Waals surface area contributed by atoms with Crippen LogP contribution in [0.2, 0.25) is 0 Å². The van der Waals surface area contributed by atoms with Crippen molar-refractivity contribution in [3.8, 4) is 0 Å². The molecule has 2 bridgehead atoms. The first-order valence-electron chi connectivity index (χ1n) is 12.5. The number of nitrogens with one attached hydrogen (secondary N) is 2. The molecule has 0 spiro atoms. The number of hydrogen-bond donors (Lipinski definition) is 2. The molecule has 6 nitrogen and oxygen atoms in total. The Labute approximate surface area is 201 Å². The van der Waals surface area contributed by atoms with E-state index in [-0.39, 0.29) is 30.4 Å². The van der Waals surface area contributed by atoms with Crippen molar-refractivity contribution in [3.05, 3.63) is 65.5 Å². The normalized spacial score (nSPS) is 23.1. The van der Waals surface area contributed by atoms with Gasteiger partial charge in [-0.05, 0) is 82.1 Å². The summed E-state index contributed by atoms with van der Waals surface area (Å²) in [5, 5.41) is 6.33. The summed E-state index contributed by atoms with van der Waals surface area (Å²) in [6.45, 7) is 6.25. The van der Waals surface area contributed by atoms with Crippen molar-refractivity contribution in [2.24, 2.45) is 17.8 Å². The topological polar surface area (TPSA) is 76.0 Å². The molecule has 5 atom stereocenters. The molecule has 6 heteroatoms. The summed E-state index contributed by atoms with van der Waals surface area (Å²) in [5.74, 6) is 2.74. The van der Waals surface area contributed by atoms with Gasteiger partial charge in [-0.25, -0.2) is 4.98 Å². The number of rotatable bonds is 7. The second-order valence-corrected chi connectivity index (χ2v) is 10.3. The molecule has 1 heterocycles. The van der Waals surface area contributed by atoms with Crippen LogP contribution in [0.4, 0.5) is 0 Å². The van der Waals surface area contributed by atoms with Crippen molar-refractivity contribution in [2.75, 3.05) is 0 Å². The van der Waals surface area contributed by atoms with E-state index in [0.717, 1.165) is 28.4 Å². The molecule has 0 saturated heterocycles. The summed E-state index contributed by atoms with van der Waals surface area (Å²) in [4.78, 5) is 30.7. The third-order valence-corrected chi connectivity index (χ3v) is 7.86. The molecule has 178 valence electrons. The van der Waals surface area contributed by atoms with E-state index in [0.29, 0.717) is 17.3 Å². The molecule has 2 saturated carbocycles. The maximum Gasteiger partial charge on any atom is 0.251 e. The lowest BCUT2D eigenvalue weighted by molar-refractivity contribution is -0.122. The van der Waals surface area contributed by atoms with Crippen molar-refractivity contribution >= 4 is 22.8 Å². The van der Waals surface area contributed by atoms with Gasteiger partial charge in [0.05, 0.1) is 17.1 Å². The Bertz CT molecular complexity index is 1200. The summed E-state index contributed by atoms with van der Waals surface area (Å²) in [6, 6.07) is 15.2. The molecule has 2 fully saturated rings. The van der Waals surface area contributed by atoms with Gasteiger partial charge in [0.2, 0.25) is 5.91 Å². The first-order chi connectivity index (χ1) is 16.4. The predicted octanol–water partition coefficient (Wildman–Crippen LogP) is 4.78. The number of carbonyl (C=O) groups excluding carboxylic acids is 2. The first-order valence-corrected chi connectivity index (χ1v) is 12.5. The van der Waals surface area contributed by atoms with E-state index < -0.39 is 0 Å². The number of hydrogen-bond acceptors (Lipinski definition) is 3. The fourth-order valence-corrected chi connectivity index (χ4v) is 6.10. The fraction of sp³-hybridized carbons (Fsp3) is 0.464. The van der Waals surface area contributed by atoms with Crippen LogP contribution in [-0.4, -0.2) is 27.4 Å². The molecule has 1 aromatic heterocycles. The number of imidazole rings is 1. The van der Waals surface area contributed by atoms with Gasteiger partial charge in [-0.1, -0.05) is 36.2 Å². The van der Waals surface area contributed by atoms with Crippen LogP contribution in [0.5, 0.6) is 0 Å². The Morgan fingerprint density at radius 2 is 1.79 bits per heavy atom. The molecule has 5 rings (SSSR count). The van der Waals surface area contributed by atoms with Crippen LogP contribution in [0.25, 0.3) is 11.0 Å². The van der Waals surface area contributed by atoms with Gasteiger partial charge in [-0.3, -0.25) is 9.59 Å². The van der Waals surface area contributed by atoms with Crippen LogP contribution >= 0.6 is 0 Å². The Kier molecular flexibility index (Phi) is 6.15. The minimum absolute atomic E-state index is 0.00302. The number of fused-ring (bicyclic) bond motifs is 3. The van der Waals surface area contributed by atoms with Crippen molar-refractivity contribution in [2.45, 2.75) is 65.1 Å². The van der Waals surface area contributed by atoms with E-state index in [1.165, 1.54) is 25.7 Å². The first kappa shape index (κ1) is 22.6. The van der Waals surface area contributed by atoms with Crippen LogP contribution in [0, 0.1) is 24.7 Å². The molecule has 34 heavy (non-hydrogen) atoms. The second-order valence-electron chi connectivity index (χ2n) is 10.3. The largest absolute Gasteiger partial charge is 0.352 e. The summed E-state index contributed by atoms with van der Waals surface area (Å²) in [5.41, 5.74) is 3.44. The van der Waals surface area contributed by atoms with E-state index in [9.17, 15) is 9.59 Å². The van der Waals surface area contributed by atoms with E-state index in [1.54, 1.807) is 0 Å². The maximum atomic E-state index is 13.1. The SMILES string of the molecule is Cc1ccc(C(=O)N[C@H](C)c2nc3ccccc3n2CC(=O)N[C@H](C)[C@H]2C[C@H]3CC[C@H]2C3)cc1. The summed E-state index contributed by atoms with van der Waals surface area (Å²) in [6.07, 6.45) is 5.25. The number of nitrogens with zero attached hydrogens (tertiary/aromatic N) is 2. The highest BCUT2D eigenvalue weighted by atomic mass is 16.2. The van der Waals surface area contributed by atoms with E-state index >= 15 is 0 Å². The number of para-hydroxylation sites is 2. The highest BCUT2D eigenvalue weighted by Gasteiger charge is 2.42. The molecule has 2 aromatic carbocycles. The van der Waals surface area contributed by atoms with Crippen molar-refractivity contribution in [1.29, 1.82) is 0 Å². The van der Waals surface area contributed by atoms with Gasteiger partial charge in [-0.15, -0.1) is 0 Å². The molecular formula is C28H34N4O2. The Morgan fingerprint density at radius 3 is 2.50 bits per heavy atom. The van der Waals surface area contributed by atoms with Gasteiger partial charge in [0, 0.05) is 11.6 Å². The molecule has 2 aliphatic carbocycles. The number of carbonyl (C=O) groups is 2.